The van der Waals surface area contributed by atoms with Gasteiger partial charge in [-0.25, -0.2) is 8.42 Å². The van der Waals surface area contributed by atoms with Crippen LogP contribution >= 0.6 is 11.6 Å². The standard InChI is InChI=1S/C37H44BClN2O7S/c1-36(2)37(3,4)48-38(47-36)21-25(23-45-22-24-9-7-6-8-10-24)17-18-49(43,44)41-31-20-32-30(19-29(31)26-11-12-26)33(35(42)40-5)34(46-32)27-13-15-28(39)16-14-27/h6-10,13-16,19-20,25-26,41H,11-12,17-18,21-23H2,1-5H3,(H,40,42). The highest BCUT2D eigenvalue weighted by Gasteiger charge is 2.51. The van der Waals surface area contributed by atoms with E-state index >= 15 is 0 Å². The van der Waals surface area contributed by atoms with Crippen molar-refractivity contribution >= 4 is 51.3 Å². The van der Waals surface area contributed by atoms with Crippen LogP contribution in [0.1, 0.15) is 74.4 Å². The van der Waals surface area contributed by atoms with Crippen LogP contribution in [-0.2, 0) is 30.7 Å². The smallest absolute Gasteiger partial charge is 0.455 e. The van der Waals surface area contributed by atoms with Crippen LogP contribution in [0.5, 0.6) is 0 Å². The maximum Gasteiger partial charge on any atom is 0.458 e. The normalized spacial score (nSPS) is 17.7. The van der Waals surface area contributed by atoms with Gasteiger partial charge in [-0.05, 0) is 107 Å². The Labute approximate surface area is 294 Å². The molecule has 2 N–H and O–H groups in total. The van der Waals surface area contributed by atoms with Crippen LogP contribution in [0.3, 0.4) is 0 Å². The first-order valence-corrected chi connectivity index (χ1v) is 18.8. The number of carbonyl (C=O) groups is 1. The second kappa shape index (κ2) is 14.1. The molecular weight excluding hydrogens is 663 g/mol. The number of anilines is 1. The van der Waals surface area contributed by atoms with Gasteiger partial charge in [-0.1, -0.05) is 41.9 Å². The third kappa shape index (κ3) is 8.18. The van der Waals surface area contributed by atoms with Crippen LogP contribution in [0.25, 0.3) is 22.3 Å². The average Bonchev–Trinajstić information content (AvgIpc) is 3.79. The summed E-state index contributed by atoms with van der Waals surface area (Å²) in [5.74, 6) is 0.0414. The molecule has 12 heteroatoms. The van der Waals surface area contributed by atoms with Crippen LogP contribution in [0, 0.1) is 5.92 Å². The van der Waals surface area contributed by atoms with Crippen molar-refractivity contribution in [2.75, 3.05) is 24.1 Å². The van der Waals surface area contributed by atoms with E-state index in [4.69, 9.17) is 30.1 Å². The van der Waals surface area contributed by atoms with Crippen molar-refractivity contribution in [1.29, 1.82) is 0 Å². The molecule has 0 radical (unpaired) electrons. The molecule has 2 aliphatic rings. The molecule has 6 rings (SSSR count). The SMILES string of the molecule is CNC(=O)c1c(-c2ccc(Cl)cc2)oc2cc(NS(=O)(=O)CCC(COCc3ccccc3)CB3OC(C)(C)C(C)(C)O3)c(C3CC3)cc12. The predicted octanol–water partition coefficient (Wildman–Crippen LogP) is 8.05. The molecule has 1 unspecified atom stereocenters. The maximum atomic E-state index is 13.7. The van der Waals surface area contributed by atoms with E-state index in [1.807, 2.05) is 64.1 Å². The summed E-state index contributed by atoms with van der Waals surface area (Å²) in [5, 5.41) is 3.92. The van der Waals surface area contributed by atoms with Crippen molar-refractivity contribution in [2.45, 2.75) is 77.0 Å². The zero-order chi connectivity index (χ0) is 35.0. The van der Waals surface area contributed by atoms with E-state index in [1.54, 1.807) is 37.4 Å². The molecule has 49 heavy (non-hydrogen) atoms. The molecule has 0 spiro atoms. The number of rotatable bonds is 14. The van der Waals surface area contributed by atoms with E-state index in [9.17, 15) is 13.2 Å². The number of halogens is 1. The Hall–Kier alpha value is -3.35. The number of carbonyl (C=O) groups excluding carboxylic acids is 1. The van der Waals surface area contributed by atoms with Crippen molar-refractivity contribution in [3.8, 4) is 11.3 Å². The van der Waals surface area contributed by atoms with Gasteiger partial charge in [0.15, 0.2) is 0 Å². The first-order valence-electron chi connectivity index (χ1n) is 16.8. The number of benzene rings is 3. The lowest BCUT2D eigenvalue weighted by atomic mass is 9.76. The molecule has 1 aromatic heterocycles. The summed E-state index contributed by atoms with van der Waals surface area (Å²) < 4.78 is 55.2. The van der Waals surface area contributed by atoms with E-state index in [0.29, 0.717) is 64.5 Å². The molecule has 3 aromatic carbocycles. The second-order valence-electron chi connectivity index (χ2n) is 14.1. The Morgan fingerprint density at radius 2 is 1.69 bits per heavy atom. The minimum absolute atomic E-state index is 0.119. The number of nitrogens with one attached hydrogen (secondary N) is 2. The minimum atomic E-state index is -3.79. The Morgan fingerprint density at radius 1 is 1.02 bits per heavy atom. The largest absolute Gasteiger partial charge is 0.458 e. The van der Waals surface area contributed by atoms with Gasteiger partial charge in [-0.3, -0.25) is 9.52 Å². The molecule has 1 saturated heterocycles. The highest BCUT2D eigenvalue weighted by Crippen LogP contribution is 2.47. The number of ether oxygens (including phenoxy) is 1. The molecule has 1 saturated carbocycles. The number of amides is 1. The quantitative estimate of drug-likeness (QED) is 0.128. The molecular formula is C37H44BClN2O7S. The average molecular weight is 707 g/mol. The van der Waals surface area contributed by atoms with Gasteiger partial charge in [0.05, 0.1) is 34.8 Å². The number of fused-ring (bicyclic) bond motifs is 1. The van der Waals surface area contributed by atoms with Gasteiger partial charge >= 0.3 is 7.12 Å². The number of hydrogen-bond acceptors (Lipinski definition) is 7. The summed E-state index contributed by atoms with van der Waals surface area (Å²) in [5.41, 5.74) is 2.89. The Morgan fingerprint density at radius 3 is 2.33 bits per heavy atom. The molecule has 1 atom stereocenters. The third-order valence-electron chi connectivity index (χ3n) is 9.79. The molecule has 1 aliphatic heterocycles. The lowest BCUT2D eigenvalue weighted by molar-refractivity contribution is 0.00578. The van der Waals surface area contributed by atoms with Gasteiger partial charge < -0.3 is 23.8 Å². The van der Waals surface area contributed by atoms with Gasteiger partial charge in [0, 0.05) is 35.7 Å². The van der Waals surface area contributed by atoms with Gasteiger partial charge in [-0.15, -0.1) is 0 Å². The van der Waals surface area contributed by atoms with E-state index in [2.05, 4.69) is 10.0 Å². The molecule has 0 bridgehead atoms. The molecule has 1 aliphatic carbocycles. The highest BCUT2D eigenvalue weighted by atomic mass is 35.5. The van der Waals surface area contributed by atoms with E-state index < -0.39 is 28.3 Å². The predicted molar refractivity (Wildman–Crippen MR) is 195 cm³/mol. The summed E-state index contributed by atoms with van der Waals surface area (Å²) in [6.45, 7) is 8.81. The van der Waals surface area contributed by atoms with Crippen LogP contribution in [0.2, 0.25) is 11.3 Å². The first-order chi connectivity index (χ1) is 23.2. The van der Waals surface area contributed by atoms with Crippen molar-refractivity contribution in [1.82, 2.24) is 5.32 Å². The topological polar surface area (TPSA) is 116 Å². The summed E-state index contributed by atoms with van der Waals surface area (Å²) >= 11 is 6.12. The zero-order valence-corrected chi connectivity index (χ0v) is 30.2. The second-order valence-corrected chi connectivity index (χ2v) is 16.4. The van der Waals surface area contributed by atoms with Crippen molar-refractivity contribution in [3.63, 3.8) is 0 Å². The molecule has 260 valence electrons. The van der Waals surface area contributed by atoms with E-state index in [-0.39, 0.29) is 23.5 Å². The van der Waals surface area contributed by atoms with Crippen molar-refractivity contribution < 1.29 is 31.7 Å². The number of hydrogen-bond donors (Lipinski definition) is 2. The molecule has 2 fully saturated rings. The Kier molecular flexibility index (Phi) is 10.2. The number of furan rings is 1. The minimum Gasteiger partial charge on any atom is -0.455 e. The summed E-state index contributed by atoms with van der Waals surface area (Å²) in [6.07, 6.45) is 2.72. The van der Waals surface area contributed by atoms with Gasteiger partial charge in [0.25, 0.3) is 5.91 Å². The molecule has 2 heterocycles. The maximum absolute atomic E-state index is 13.7. The Balaban J connectivity index is 1.23. The number of sulfonamides is 1. The highest BCUT2D eigenvalue weighted by molar-refractivity contribution is 7.92. The fourth-order valence-electron chi connectivity index (χ4n) is 6.20. The van der Waals surface area contributed by atoms with Crippen LogP contribution in [0.4, 0.5) is 5.69 Å². The fourth-order valence-corrected chi connectivity index (χ4v) is 7.58. The van der Waals surface area contributed by atoms with Crippen molar-refractivity contribution in [2.24, 2.45) is 5.92 Å². The summed E-state index contributed by atoms with van der Waals surface area (Å²) in [7, 11) is -2.69. The zero-order valence-electron chi connectivity index (χ0n) is 28.7. The molecule has 4 aromatic rings. The van der Waals surface area contributed by atoms with Crippen LogP contribution in [-0.4, -0.2) is 52.1 Å². The summed E-state index contributed by atoms with van der Waals surface area (Å²) in [6, 6.07) is 20.6. The van der Waals surface area contributed by atoms with E-state index in [0.717, 1.165) is 24.0 Å². The molecule has 1 amide bonds. The van der Waals surface area contributed by atoms with Gasteiger partial charge in [0.2, 0.25) is 10.0 Å². The first kappa shape index (κ1) is 35.5. The van der Waals surface area contributed by atoms with E-state index in [1.165, 1.54) is 0 Å². The fraction of sp³-hybridized carbons (Fsp3) is 0.432. The lowest BCUT2D eigenvalue weighted by Gasteiger charge is -2.32. The lowest BCUT2D eigenvalue weighted by Crippen LogP contribution is -2.41. The van der Waals surface area contributed by atoms with Crippen LogP contribution < -0.4 is 10.0 Å². The van der Waals surface area contributed by atoms with Gasteiger partial charge in [-0.2, -0.15) is 0 Å². The Bertz CT molecular complexity index is 1890. The third-order valence-corrected chi connectivity index (χ3v) is 11.3. The van der Waals surface area contributed by atoms with Crippen LogP contribution in [0.15, 0.2) is 71.1 Å². The van der Waals surface area contributed by atoms with Crippen molar-refractivity contribution in [3.05, 3.63) is 88.4 Å². The summed E-state index contributed by atoms with van der Waals surface area (Å²) in [4.78, 5) is 13.1. The molecule has 9 nitrogen and oxygen atoms in total. The monoisotopic (exact) mass is 706 g/mol. The van der Waals surface area contributed by atoms with Gasteiger partial charge in [0.1, 0.15) is 11.3 Å².